The smallest absolute Gasteiger partial charge is 0.383 e. The van der Waals surface area contributed by atoms with Crippen molar-refractivity contribution in [1.29, 1.82) is 0 Å². The van der Waals surface area contributed by atoms with E-state index in [-0.39, 0.29) is 17.1 Å². The second kappa shape index (κ2) is 6.12. The van der Waals surface area contributed by atoms with Gasteiger partial charge in [-0.2, -0.15) is 18.2 Å². The molecule has 2 aliphatic rings. The highest BCUT2D eigenvalue weighted by Gasteiger charge is 2.44. The van der Waals surface area contributed by atoms with Crippen LogP contribution in [0.15, 0.2) is 35.3 Å². The number of anilines is 1. The first kappa shape index (κ1) is 17.1. The maximum atomic E-state index is 13.5. The number of piperidine rings is 1. The second-order valence-electron chi connectivity index (χ2n) is 7.11. The molecule has 0 radical (unpaired) electrons. The molecule has 138 valence electrons. The molecule has 0 amide bonds. The number of hydrogen-bond acceptors (Lipinski definition) is 4. The van der Waals surface area contributed by atoms with Crippen LogP contribution in [0.25, 0.3) is 5.69 Å². The molecule has 2 N–H and O–H groups in total. The lowest BCUT2D eigenvalue weighted by atomic mass is 10.0. The third kappa shape index (κ3) is 3.33. The molecule has 26 heavy (non-hydrogen) atoms. The van der Waals surface area contributed by atoms with E-state index >= 15 is 0 Å². The molecule has 0 bridgehead atoms. The quantitative estimate of drug-likeness (QED) is 0.904. The monoisotopic (exact) mass is 364 g/mol. The summed E-state index contributed by atoms with van der Waals surface area (Å²) in [6, 6.07) is 5.36. The predicted octanol–water partition coefficient (Wildman–Crippen LogP) is 2.33. The van der Waals surface area contributed by atoms with Gasteiger partial charge in [0.2, 0.25) is 0 Å². The summed E-state index contributed by atoms with van der Waals surface area (Å²) in [5, 5.41) is 0. The van der Waals surface area contributed by atoms with E-state index in [1.165, 1.54) is 30.8 Å². The standard InChI is InChI=1S/C18H19F3N4O/c19-18(20,21)15-8-14(25-6-4-16(22)23-17(25)26)2-1-11(15)3-5-24-9-12-7-13(12)10-24/h1-2,4,6,8,12-13H,3,5,7,9-10H2,(H2,22,23,26). The van der Waals surface area contributed by atoms with E-state index in [4.69, 9.17) is 5.73 Å². The number of likely N-dealkylation sites (tertiary alicyclic amines) is 1. The first-order chi connectivity index (χ1) is 12.3. The van der Waals surface area contributed by atoms with Crippen molar-refractivity contribution in [2.45, 2.75) is 19.0 Å². The largest absolute Gasteiger partial charge is 0.416 e. The molecule has 4 rings (SSSR count). The Labute approximate surface area is 148 Å². The molecular formula is C18H19F3N4O. The number of aromatic nitrogens is 2. The van der Waals surface area contributed by atoms with Crippen molar-refractivity contribution in [3.63, 3.8) is 0 Å². The molecule has 1 saturated heterocycles. The van der Waals surface area contributed by atoms with Gasteiger partial charge in [0.1, 0.15) is 5.82 Å². The lowest BCUT2D eigenvalue weighted by molar-refractivity contribution is -0.138. The minimum absolute atomic E-state index is 0.0302. The summed E-state index contributed by atoms with van der Waals surface area (Å²) in [6.07, 6.45) is -1.55. The first-order valence-electron chi connectivity index (χ1n) is 8.59. The fourth-order valence-corrected chi connectivity index (χ4v) is 3.77. The number of fused-ring (bicyclic) bond motifs is 1. The summed E-state index contributed by atoms with van der Waals surface area (Å²) in [4.78, 5) is 17.7. The predicted molar refractivity (Wildman–Crippen MR) is 91.0 cm³/mol. The molecule has 8 heteroatoms. The van der Waals surface area contributed by atoms with Crippen molar-refractivity contribution in [3.05, 3.63) is 52.1 Å². The van der Waals surface area contributed by atoms with Gasteiger partial charge in [0.25, 0.3) is 0 Å². The second-order valence-corrected chi connectivity index (χ2v) is 7.11. The van der Waals surface area contributed by atoms with E-state index in [0.717, 1.165) is 35.6 Å². The van der Waals surface area contributed by atoms with Gasteiger partial charge in [-0.3, -0.25) is 4.57 Å². The van der Waals surface area contributed by atoms with E-state index in [2.05, 4.69) is 9.88 Å². The number of nitrogens with zero attached hydrogens (tertiary/aromatic N) is 3. The summed E-state index contributed by atoms with van der Waals surface area (Å²) in [5.41, 5.74) is 4.39. The van der Waals surface area contributed by atoms with Crippen molar-refractivity contribution in [2.24, 2.45) is 11.8 Å². The molecule has 2 heterocycles. The van der Waals surface area contributed by atoms with E-state index in [9.17, 15) is 18.0 Å². The Bertz CT molecular complexity index is 883. The third-order valence-electron chi connectivity index (χ3n) is 5.25. The fourth-order valence-electron chi connectivity index (χ4n) is 3.77. The molecule has 2 atom stereocenters. The maximum absolute atomic E-state index is 13.5. The molecular weight excluding hydrogens is 345 g/mol. The highest BCUT2D eigenvalue weighted by molar-refractivity contribution is 5.43. The maximum Gasteiger partial charge on any atom is 0.416 e. The van der Waals surface area contributed by atoms with Gasteiger partial charge in [0.05, 0.1) is 11.3 Å². The van der Waals surface area contributed by atoms with Gasteiger partial charge in [-0.05, 0) is 48.4 Å². The molecule has 0 spiro atoms. The zero-order chi connectivity index (χ0) is 18.5. The van der Waals surface area contributed by atoms with E-state index < -0.39 is 17.4 Å². The summed E-state index contributed by atoms with van der Waals surface area (Å²) in [7, 11) is 0. The number of nitrogen functional groups attached to an aromatic ring is 1. The molecule has 2 fully saturated rings. The van der Waals surface area contributed by atoms with Gasteiger partial charge in [0, 0.05) is 25.8 Å². The highest BCUT2D eigenvalue weighted by Crippen LogP contribution is 2.44. The Morgan fingerprint density at radius 1 is 1.19 bits per heavy atom. The van der Waals surface area contributed by atoms with Crippen LogP contribution in [0.5, 0.6) is 0 Å². The van der Waals surface area contributed by atoms with Crippen molar-refractivity contribution < 1.29 is 13.2 Å². The van der Waals surface area contributed by atoms with Crippen molar-refractivity contribution >= 4 is 5.82 Å². The molecule has 1 saturated carbocycles. The van der Waals surface area contributed by atoms with Gasteiger partial charge in [-0.25, -0.2) is 4.79 Å². The van der Waals surface area contributed by atoms with Crippen molar-refractivity contribution in [1.82, 2.24) is 14.5 Å². The average Bonchev–Trinajstić information content (AvgIpc) is 3.18. The molecule has 1 aromatic carbocycles. The van der Waals surface area contributed by atoms with Crippen LogP contribution < -0.4 is 11.4 Å². The molecule has 1 aliphatic carbocycles. The highest BCUT2D eigenvalue weighted by atomic mass is 19.4. The molecule has 1 aliphatic heterocycles. The van der Waals surface area contributed by atoms with Crippen molar-refractivity contribution in [3.8, 4) is 5.69 Å². The van der Waals surface area contributed by atoms with E-state index in [1.54, 1.807) is 0 Å². The van der Waals surface area contributed by atoms with E-state index in [1.807, 2.05) is 0 Å². The minimum atomic E-state index is -4.48. The van der Waals surface area contributed by atoms with Gasteiger partial charge >= 0.3 is 11.9 Å². The minimum Gasteiger partial charge on any atom is -0.383 e. The summed E-state index contributed by atoms with van der Waals surface area (Å²) >= 11 is 0. The number of rotatable bonds is 4. The molecule has 2 aromatic rings. The number of alkyl halides is 3. The third-order valence-corrected chi connectivity index (χ3v) is 5.25. The average molecular weight is 364 g/mol. The van der Waals surface area contributed by atoms with Gasteiger partial charge in [-0.1, -0.05) is 6.07 Å². The lowest BCUT2D eigenvalue weighted by Gasteiger charge is -2.20. The zero-order valence-corrected chi connectivity index (χ0v) is 14.0. The Morgan fingerprint density at radius 2 is 1.92 bits per heavy atom. The summed E-state index contributed by atoms with van der Waals surface area (Å²) in [5.74, 6) is 1.54. The Hall–Kier alpha value is -2.35. The molecule has 5 nitrogen and oxygen atoms in total. The lowest BCUT2D eigenvalue weighted by Crippen LogP contribution is -2.26. The Balaban J connectivity index is 1.61. The van der Waals surface area contributed by atoms with Crippen LogP contribution in [0.2, 0.25) is 0 Å². The zero-order valence-electron chi connectivity index (χ0n) is 14.0. The number of halogens is 3. The van der Waals surface area contributed by atoms with Crippen LogP contribution in [0.3, 0.4) is 0 Å². The van der Waals surface area contributed by atoms with Gasteiger partial charge in [0.15, 0.2) is 0 Å². The number of nitrogens with two attached hydrogens (primary N) is 1. The normalized spacial score (nSPS) is 22.4. The SMILES string of the molecule is Nc1ccn(-c2ccc(CCN3CC4CC4C3)c(C(F)(F)F)c2)c(=O)n1. The van der Waals surface area contributed by atoms with Gasteiger partial charge in [-0.15, -0.1) is 0 Å². The fraction of sp³-hybridized carbons (Fsp3) is 0.444. The number of hydrogen-bond donors (Lipinski definition) is 1. The topological polar surface area (TPSA) is 64.2 Å². The van der Waals surface area contributed by atoms with Crippen LogP contribution in [0, 0.1) is 11.8 Å². The first-order valence-corrected chi connectivity index (χ1v) is 8.59. The van der Waals surface area contributed by atoms with Crippen LogP contribution in [0.1, 0.15) is 17.5 Å². The molecule has 2 unspecified atom stereocenters. The van der Waals surface area contributed by atoms with Crippen LogP contribution in [-0.4, -0.2) is 34.1 Å². The summed E-state index contributed by atoms with van der Waals surface area (Å²) < 4.78 is 41.7. The molecule has 1 aromatic heterocycles. The number of benzene rings is 1. The Morgan fingerprint density at radius 3 is 2.58 bits per heavy atom. The van der Waals surface area contributed by atoms with E-state index in [0.29, 0.717) is 13.0 Å². The van der Waals surface area contributed by atoms with Crippen LogP contribution in [0.4, 0.5) is 19.0 Å². The van der Waals surface area contributed by atoms with Gasteiger partial charge < -0.3 is 10.6 Å². The van der Waals surface area contributed by atoms with Crippen LogP contribution in [-0.2, 0) is 12.6 Å². The van der Waals surface area contributed by atoms with Crippen LogP contribution >= 0.6 is 0 Å². The Kier molecular flexibility index (Phi) is 4.02. The van der Waals surface area contributed by atoms with Crippen molar-refractivity contribution in [2.75, 3.05) is 25.4 Å². The summed E-state index contributed by atoms with van der Waals surface area (Å²) in [6.45, 7) is 2.62.